The normalized spacial score (nSPS) is 26.0. The molecule has 1 spiro atoms. The van der Waals surface area contributed by atoms with Crippen LogP contribution in [0.15, 0.2) is 24.3 Å². The molecule has 8 heteroatoms. The molecule has 4 nitrogen and oxygen atoms in total. The van der Waals surface area contributed by atoms with E-state index in [9.17, 15) is 22.4 Å². The average molecular weight is 389 g/mol. The second-order valence-electron chi connectivity index (χ2n) is 7.27. The van der Waals surface area contributed by atoms with Crippen LogP contribution < -0.4 is 4.74 Å². The van der Waals surface area contributed by atoms with Crippen molar-refractivity contribution in [3.8, 4) is 5.75 Å². The van der Waals surface area contributed by atoms with E-state index < -0.39 is 24.2 Å². The maximum absolute atomic E-state index is 13.3. The van der Waals surface area contributed by atoms with E-state index in [1.807, 2.05) is 0 Å². The van der Waals surface area contributed by atoms with Gasteiger partial charge >= 0.3 is 12.5 Å². The standard InChI is InChI=1S/C19H23F4NO3/c1-26-15-8-4-9-18(15)10-5-11-24(12-18)16(25)13-6-2-3-7-14(13)27-19(22,23)17(20)21/h2-3,6-7,15,17H,4-5,8-12H2,1H3/t15-,18-/m1/s1. The van der Waals surface area contributed by atoms with E-state index in [0.29, 0.717) is 13.1 Å². The summed E-state index contributed by atoms with van der Waals surface area (Å²) in [5, 5.41) is 0. The van der Waals surface area contributed by atoms with Gasteiger partial charge in [0.2, 0.25) is 0 Å². The fourth-order valence-corrected chi connectivity index (χ4v) is 4.37. The van der Waals surface area contributed by atoms with E-state index in [0.717, 1.165) is 38.2 Å². The molecule has 2 fully saturated rings. The van der Waals surface area contributed by atoms with Crippen molar-refractivity contribution < 1.29 is 31.8 Å². The summed E-state index contributed by atoms with van der Waals surface area (Å²) < 4.78 is 61.5. The fraction of sp³-hybridized carbons (Fsp3) is 0.632. The lowest BCUT2D eigenvalue weighted by Gasteiger charge is -2.43. The first-order valence-corrected chi connectivity index (χ1v) is 9.05. The number of para-hydroxylation sites is 1. The van der Waals surface area contributed by atoms with Crippen molar-refractivity contribution in [1.29, 1.82) is 0 Å². The van der Waals surface area contributed by atoms with Crippen molar-refractivity contribution in [2.24, 2.45) is 5.41 Å². The topological polar surface area (TPSA) is 38.8 Å². The quantitative estimate of drug-likeness (QED) is 0.703. The molecular formula is C19H23F4NO3. The summed E-state index contributed by atoms with van der Waals surface area (Å²) in [6.45, 7) is 0.945. The summed E-state index contributed by atoms with van der Waals surface area (Å²) >= 11 is 0. The first kappa shape index (κ1) is 19.9. The fourth-order valence-electron chi connectivity index (χ4n) is 4.37. The molecule has 1 aliphatic carbocycles. The molecule has 1 heterocycles. The van der Waals surface area contributed by atoms with Crippen molar-refractivity contribution >= 4 is 5.91 Å². The Morgan fingerprint density at radius 3 is 2.67 bits per heavy atom. The number of amides is 1. The van der Waals surface area contributed by atoms with Gasteiger partial charge in [-0.05, 0) is 37.8 Å². The van der Waals surface area contributed by atoms with Crippen molar-refractivity contribution in [3.63, 3.8) is 0 Å². The summed E-state index contributed by atoms with van der Waals surface area (Å²) in [6.07, 6.45) is -3.98. The molecule has 1 amide bonds. The molecule has 27 heavy (non-hydrogen) atoms. The Morgan fingerprint density at radius 1 is 1.26 bits per heavy atom. The van der Waals surface area contributed by atoms with Crippen LogP contribution in [-0.2, 0) is 4.74 Å². The lowest BCUT2D eigenvalue weighted by Crippen LogP contribution is -2.50. The molecule has 1 saturated heterocycles. The van der Waals surface area contributed by atoms with E-state index in [1.165, 1.54) is 18.2 Å². The van der Waals surface area contributed by atoms with Crippen LogP contribution >= 0.6 is 0 Å². The van der Waals surface area contributed by atoms with E-state index in [2.05, 4.69) is 4.74 Å². The van der Waals surface area contributed by atoms with Gasteiger partial charge in [0.05, 0.1) is 11.7 Å². The molecule has 150 valence electrons. The number of rotatable bonds is 5. The largest absolute Gasteiger partial charge is 0.461 e. The van der Waals surface area contributed by atoms with Crippen LogP contribution in [0.1, 0.15) is 42.5 Å². The number of halogens is 4. The number of ether oxygens (including phenoxy) is 2. The molecule has 1 aromatic carbocycles. The molecular weight excluding hydrogens is 366 g/mol. The summed E-state index contributed by atoms with van der Waals surface area (Å²) in [7, 11) is 1.66. The zero-order valence-electron chi connectivity index (χ0n) is 15.1. The Kier molecular flexibility index (Phi) is 5.65. The predicted molar refractivity (Wildman–Crippen MR) is 90.2 cm³/mol. The molecule has 0 N–H and O–H groups in total. The zero-order valence-corrected chi connectivity index (χ0v) is 15.1. The van der Waals surface area contributed by atoms with Crippen molar-refractivity contribution in [3.05, 3.63) is 29.8 Å². The van der Waals surface area contributed by atoms with Gasteiger partial charge in [-0.2, -0.15) is 17.6 Å². The van der Waals surface area contributed by atoms with E-state index in [4.69, 9.17) is 4.74 Å². The van der Waals surface area contributed by atoms with Gasteiger partial charge in [-0.1, -0.05) is 18.6 Å². The maximum Gasteiger partial charge on any atom is 0.461 e. The Balaban J connectivity index is 1.82. The summed E-state index contributed by atoms with van der Waals surface area (Å²) in [4.78, 5) is 14.6. The highest BCUT2D eigenvalue weighted by Crippen LogP contribution is 2.46. The lowest BCUT2D eigenvalue weighted by atomic mass is 9.76. The van der Waals surface area contributed by atoms with Gasteiger partial charge in [-0.15, -0.1) is 0 Å². The molecule has 1 saturated carbocycles. The van der Waals surface area contributed by atoms with Gasteiger partial charge in [0, 0.05) is 25.6 Å². The zero-order chi connectivity index (χ0) is 19.7. The third-order valence-corrected chi connectivity index (χ3v) is 5.62. The van der Waals surface area contributed by atoms with E-state index >= 15 is 0 Å². The highest BCUT2D eigenvalue weighted by Gasteiger charge is 2.48. The Labute approximate surface area is 155 Å². The molecule has 0 bridgehead atoms. The van der Waals surface area contributed by atoms with Crippen LogP contribution in [0.3, 0.4) is 0 Å². The number of nitrogens with zero attached hydrogens (tertiary/aromatic N) is 1. The van der Waals surface area contributed by atoms with Crippen LogP contribution in [0, 0.1) is 5.41 Å². The minimum Gasteiger partial charge on any atom is -0.427 e. The average Bonchev–Trinajstić information content (AvgIpc) is 3.02. The summed E-state index contributed by atoms with van der Waals surface area (Å²) in [6, 6.07) is 5.29. The molecule has 0 unspecified atom stereocenters. The highest BCUT2D eigenvalue weighted by atomic mass is 19.3. The molecule has 2 atom stereocenters. The van der Waals surface area contributed by atoms with Gasteiger partial charge in [0.25, 0.3) is 5.91 Å². The van der Waals surface area contributed by atoms with Crippen molar-refractivity contribution in [1.82, 2.24) is 4.90 Å². The second kappa shape index (κ2) is 7.66. The molecule has 0 aromatic heterocycles. The number of alkyl halides is 4. The minimum atomic E-state index is -4.66. The summed E-state index contributed by atoms with van der Waals surface area (Å²) in [5.74, 6) is -1.03. The predicted octanol–water partition coefficient (Wildman–Crippen LogP) is 4.34. The number of carbonyl (C=O) groups excluding carboxylic acids is 1. The number of methoxy groups -OCH3 is 1. The van der Waals surface area contributed by atoms with Gasteiger partial charge in [-0.3, -0.25) is 4.79 Å². The lowest BCUT2D eigenvalue weighted by molar-refractivity contribution is -0.253. The van der Waals surface area contributed by atoms with Crippen LogP contribution in [0.4, 0.5) is 17.6 Å². The summed E-state index contributed by atoms with van der Waals surface area (Å²) in [5.41, 5.74) is -0.271. The smallest absolute Gasteiger partial charge is 0.427 e. The second-order valence-corrected chi connectivity index (χ2v) is 7.27. The van der Waals surface area contributed by atoms with Crippen LogP contribution in [0.2, 0.25) is 0 Å². The number of benzene rings is 1. The first-order valence-electron chi connectivity index (χ1n) is 9.05. The van der Waals surface area contributed by atoms with Crippen molar-refractivity contribution in [2.75, 3.05) is 20.2 Å². The van der Waals surface area contributed by atoms with Crippen LogP contribution in [0.25, 0.3) is 0 Å². The Bertz CT molecular complexity index is 685. The maximum atomic E-state index is 13.3. The molecule has 1 aliphatic heterocycles. The number of likely N-dealkylation sites (tertiary alicyclic amines) is 1. The molecule has 0 radical (unpaired) electrons. The molecule has 3 rings (SSSR count). The SMILES string of the molecule is CO[C@@H]1CCC[C@]12CCCN(C(=O)c1ccccc1OC(F)(F)C(F)F)C2. The van der Waals surface area contributed by atoms with Crippen molar-refractivity contribution in [2.45, 2.75) is 50.7 Å². The third kappa shape index (κ3) is 3.90. The van der Waals surface area contributed by atoms with Gasteiger partial charge in [0.1, 0.15) is 5.75 Å². The highest BCUT2D eigenvalue weighted by molar-refractivity contribution is 5.97. The van der Waals surface area contributed by atoms with Gasteiger partial charge in [-0.25, -0.2) is 0 Å². The Morgan fingerprint density at radius 2 is 1.96 bits per heavy atom. The monoisotopic (exact) mass is 389 g/mol. The van der Waals surface area contributed by atoms with Crippen LogP contribution in [-0.4, -0.2) is 49.6 Å². The molecule has 2 aliphatic rings. The van der Waals surface area contributed by atoms with E-state index in [-0.39, 0.29) is 17.1 Å². The number of piperidine rings is 1. The first-order chi connectivity index (χ1) is 12.8. The number of hydrogen-bond acceptors (Lipinski definition) is 3. The van der Waals surface area contributed by atoms with E-state index in [1.54, 1.807) is 12.0 Å². The third-order valence-electron chi connectivity index (χ3n) is 5.62. The molecule has 1 aromatic rings. The van der Waals surface area contributed by atoms with Gasteiger partial charge in [0.15, 0.2) is 0 Å². The number of carbonyl (C=O) groups is 1. The minimum absolute atomic E-state index is 0.0581. The Hall–Kier alpha value is -1.83. The number of hydrogen-bond donors (Lipinski definition) is 0. The van der Waals surface area contributed by atoms with Crippen LogP contribution in [0.5, 0.6) is 5.75 Å². The van der Waals surface area contributed by atoms with Gasteiger partial charge < -0.3 is 14.4 Å².